The third-order valence-electron chi connectivity index (χ3n) is 1.59. The van der Waals surface area contributed by atoms with Crippen LogP contribution in [0.3, 0.4) is 0 Å². The molecule has 0 atom stereocenters. The van der Waals surface area contributed by atoms with Gasteiger partial charge in [-0.3, -0.25) is 0 Å². The van der Waals surface area contributed by atoms with Crippen LogP contribution in [0.4, 0.5) is 13.2 Å². The first-order chi connectivity index (χ1) is 7.47. The predicted molar refractivity (Wildman–Crippen MR) is 48.6 cm³/mol. The molecule has 0 amide bonds. The van der Waals surface area contributed by atoms with Crippen LogP contribution in [-0.4, -0.2) is 18.7 Å². The molecule has 0 unspecified atom stereocenters. The van der Waals surface area contributed by atoms with Crippen molar-refractivity contribution in [2.24, 2.45) is 0 Å². The first kappa shape index (κ1) is 12.4. The molecule has 0 spiro atoms. The molecule has 0 N–H and O–H groups in total. The molecular weight excluding hydrogens is 225 g/mol. The van der Waals surface area contributed by atoms with Crippen molar-refractivity contribution in [3.05, 3.63) is 30.1 Å². The van der Waals surface area contributed by atoms with Crippen molar-refractivity contribution >= 4 is 5.97 Å². The van der Waals surface area contributed by atoms with Gasteiger partial charge in [0.2, 0.25) is 0 Å². The molecule has 0 bridgehead atoms. The van der Waals surface area contributed by atoms with Crippen LogP contribution < -0.4 is 4.74 Å². The van der Waals surface area contributed by atoms with Gasteiger partial charge in [-0.25, -0.2) is 9.18 Å². The number of hydrogen-bond acceptors (Lipinski definition) is 3. The summed E-state index contributed by atoms with van der Waals surface area (Å²) < 4.78 is 47.0. The smallest absolute Gasteiger partial charge is 0.459 e. The fraction of sp³-hybridized carbons (Fsp3) is 0.300. The van der Waals surface area contributed by atoms with Crippen molar-refractivity contribution in [2.45, 2.75) is 13.0 Å². The van der Waals surface area contributed by atoms with E-state index >= 15 is 0 Å². The lowest BCUT2D eigenvalue weighted by molar-refractivity contribution is -0.217. The Kier molecular flexibility index (Phi) is 3.76. The van der Waals surface area contributed by atoms with Gasteiger partial charge < -0.3 is 9.47 Å². The number of carbonyl (C=O) groups is 1. The molecule has 16 heavy (non-hydrogen) atoms. The number of hydrogen-bond donors (Lipinski definition) is 0. The summed E-state index contributed by atoms with van der Waals surface area (Å²) in [5.41, 5.74) is 0. The maximum atomic E-state index is 13.0. The highest BCUT2D eigenvalue weighted by atomic mass is 19.3. The Morgan fingerprint density at radius 1 is 1.38 bits per heavy atom. The molecule has 0 radical (unpaired) electrons. The minimum absolute atomic E-state index is 0.213. The number of para-hydroxylation sites is 1. The lowest BCUT2D eigenvalue weighted by atomic mass is 10.3. The average molecular weight is 234 g/mol. The van der Waals surface area contributed by atoms with Crippen molar-refractivity contribution < 1.29 is 27.4 Å². The minimum Gasteiger partial charge on any atom is -0.459 e. The van der Waals surface area contributed by atoms with E-state index in [1.807, 2.05) is 0 Å². The predicted octanol–water partition coefficient (Wildman–Crippen LogP) is 2.36. The maximum Gasteiger partial charge on any atom is 0.502 e. The highest BCUT2D eigenvalue weighted by Crippen LogP contribution is 2.25. The topological polar surface area (TPSA) is 35.5 Å². The second-order valence-corrected chi connectivity index (χ2v) is 2.77. The van der Waals surface area contributed by atoms with Crippen molar-refractivity contribution in [1.82, 2.24) is 0 Å². The molecule has 1 rings (SSSR count). The van der Waals surface area contributed by atoms with Crippen LogP contribution in [0, 0.1) is 5.82 Å². The van der Waals surface area contributed by atoms with Gasteiger partial charge in [-0.1, -0.05) is 12.1 Å². The summed E-state index contributed by atoms with van der Waals surface area (Å²) in [5.74, 6) is -3.54. The van der Waals surface area contributed by atoms with Crippen LogP contribution in [0.25, 0.3) is 0 Å². The Balaban J connectivity index is 2.80. The summed E-state index contributed by atoms with van der Waals surface area (Å²) in [6.45, 7) is 1.16. The number of rotatable bonds is 4. The van der Waals surface area contributed by atoms with Crippen LogP contribution >= 0.6 is 0 Å². The molecule has 0 aliphatic heterocycles. The molecule has 0 heterocycles. The highest BCUT2D eigenvalue weighted by Gasteiger charge is 2.44. The van der Waals surface area contributed by atoms with Gasteiger partial charge in [0.1, 0.15) is 0 Å². The lowest BCUT2D eigenvalue weighted by Crippen LogP contribution is -2.37. The van der Waals surface area contributed by atoms with Crippen molar-refractivity contribution in [3.63, 3.8) is 0 Å². The van der Waals surface area contributed by atoms with Crippen LogP contribution in [0.5, 0.6) is 5.75 Å². The Labute approximate surface area is 89.8 Å². The number of carbonyl (C=O) groups excluding carboxylic acids is 1. The van der Waals surface area contributed by atoms with E-state index in [-0.39, 0.29) is 6.61 Å². The number of halogens is 3. The Hall–Kier alpha value is -1.72. The molecule has 0 aromatic heterocycles. The van der Waals surface area contributed by atoms with Crippen LogP contribution in [0.15, 0.2) is 24.3 Å². The van der Waals surface area contributed by atoms with Crippen molar-refractivity contribution in [2.75, 3.05) is 6.61 Å². The largest absolute Gasteiger partial charge is 0.502 e. The fourth-order valence-electron chi connectivity index (χ4n) is 0.922. The van der Waals surface area contributed by atoms with E-state index in [1.165, 1.54) is 19.1 Å². The third-order valence-corrected chi connectivity index (χ3v) is 1.59. The summed E-state index contributed by atoms with van der Waals surface area (Å²) >= 11 is 0. The summed E-state index contributed by atoms with van der Waals surface area (Å²) in [6.07, 6.45) is -4.20. The van der Waals surface area contributed by atoms with Gasteiger partial charge in [0.15, 0.2) is 11.6 Å². The van der Waals surface area contributed by atoms with E-state index in [0.717, 1.165) is 12.1 Å². The number of ether oxygens (including phenoxy) is 2. The van der Waals surface area contributed by atoms with Gasteiger partial charge >= 0.3 is 12.1 Å². The van der Waals surface area contributed by atoms with E-state index in [0.29, 0.717) is 0 Å². The van der Waals surface area contributed by atoms with Gasteiger partial charge in [0, 0.05) is 0 Å². The molecule has 1 aromatic carbocycles. The van der Waals surface area contributed by atoms with Gasteiger partial charge in [-0.15, -0.1) is 0 Å². The normalized spacial score (nSPS) is 11.0. The van der Waals surface area contributed by atoms with Crippen molar-refractivity contribution in [1.29, 1.82) is 0 Å². The van der Waals surface area contributed by atoms with Gasteiger partial charge in [0.05, 0.1) is 6.61 Å². The average Bonchev–Trinajstić information content (AvgIpc) is 2.21. The van der Waals surface area contributed by atoms with E-state index in [9.17, 15) is 18.0 Å². The number of benzene rings is 1. The monoisotopic (exact) mass is 234 g/mol. The third kappa shape index (κ3) is 2.88. The zero-order chi connectivity index (χ0) is 12.2. The van der Waals surface area contributed by atoms with E-state index in [4.69, 9.17) is 0 Å². The zero-order valence-electron chi connectivity index (χ0n) is 8.38. The van der Waals surface area contributed by atoms with Gasteiger partial charge in [-0.2, -0.15) is 8.78 Å². The van der Waals surface area contributed by atoms with E-state index < -0.39 is 23.6 Å². The maximum absolute atomic E-state index is 13.0. The molecule has 0 saturated carbocycles. The molecule has 0 aliphatic rings. The minimum atomic E-state index is -4.20. The van der Waals surface area contributed by atoms with Crippen LogP contribution in [0.2, 0.25) is 0 Å². The highest BCUT2D eigenvalue weighted by molar-refractivity contribution is 5.76. The van der Waals surface area contributed by atoms with E-state index in [1.54, 1.807) is 0 Å². The summed E-state index contributed by atoms with van der Waals surface area (Å²) in [7, 11) is 0. The van der Waals surface area contributed by atoms with E-state index in [2.05, 4.69) is 9.47 Å². The second kappa shape index (κ2) is 4.87. The molecular formula is C10H9F3O3. The summed E-state index contributed by atoms with van der Waals surface area (Å²) in [6, 6.07) is 4.55. The van der Waals surface area contributed by atoms with Crippen LogP contribution in [-0.2, 0) is 9.53 Å². The molecule has 1 aromatic rings. The standard InChI is InChI=1S/C10H9F3O3/c1-2-15-9(14)10(12,13)16-8-6-4-3-5-7(8)11/h3-6H,2H2,1H3. The number of alkyl halides is 2. The molecule has 0 aliphatic carbocycles. The van der Waals surface area contributed by atoms with Gasteiger partial charge in [0.25, 0.3) is 0 Å². The molecule has 88 valence electrons. The second-order valence-electron chi connectivity index (χ2n) is 2.77. The molecule has 3 nitrogen and oxygen atoms in total. The molecule has 0 saturated heterocycles. The summed E-state index contributed by atoms with van der Waals surface area (Å²) in [5, 5.41) is 0. The number of esters is 1. The first-order valence-corrected chi connectivity index (χ1v) is 4.46. The fourth-order valence-corrected chi connectivity index (χ4v) is 0.922. The Morgan fingerprint density at radius 2 is 2.00 bits per heavy atom. The first-order valence-electron chi connectivity index (χ1n) is 4.46. The zero-order valence-corrected chi connectivity index (χ0v) is 8.38. The van der Waals surface area contributed by atoms with Gasteiger partial charge in [-0.05, 0) is 19.1 Å². The quantitative estimate of drug-likeness (QED) is 0.750. The summed E-state index contributed by atoms with van der Waals surface area (Å²) in [4.78, 5) is 10.8. The molecule has 0 fully saturated rings. The molecule has 6 heteroatoms. The Morgan fingerprint density at radius 3 is 2.56 bits per heavy atom. The van der Waals surface area contributed by atoms with Crippen molar-refractivity contribution in [3.8, 4) is 5.75 Å². The SMILES string of the molecule is CCOC(=O)C(F)(F)Oc1ccccc1F. The van der Waals surface area contributed by atoms with Crippen LogP contribution in [0.1, 0.15) is 6.92 Å². The Bertz CT molecular complexity index is 379. The lowest BCUT2D eigenvalue weighted by Gasteiger charge is -2.16.